The molecule has 1 aromatic heterocycles. The number of likely N-dealkylation sites (N-methyl/N-ethyl adjacent to an activating group) is 1. The maximum Gasteiger partial charge on any atom is 0.0346 e. The van der Waals surface area contributed by atoms with E-state index >= 15 is 0 Å². The van der Waals surface area contributed by atoms with Crippen molar-refractivity contribution in [2.24, 2.45) is 0 Å². The van der Waals surface area contributed by atoms with Crippen LogP contribution in [-0.4, -0.2) is 36.0 Å². The summed E-state index contributed by atoms with van der Waals surface area (Å²) in [5.41, 5.74) is 3.57. The van der Waals surface area contributed by atoms with E-state index in [0.29, 0.717) is 0 Å². The molecular weight excluding hydrogens is 352 g/mol. The molecule has 1 heterocycles. The Morgan fingerprint density at radius 2 is 1.81 bits per heavy atom. The smallest absolute Gasteiger partial charge is 0.0346 e. The summed E-state index contributed by atoms with van der Waals surface area (Å²) in [6.07, 6.45) is 5.94. The highest BCUT2D eigenvalue weighted by molar-refractivity contribution is 9.10. The zero-order chi connectivity index (χ0) is 13.7. The van der Waals surface area contributed by atoms with Gasteiger partial charge in [0.2, 0.25) is 0 Å². The molecule has 0 aliphatic heterocycles. The molecule has 0 aliphatic rings. The summed E-state index contributed by atoms with van der Waals surface area (Å²) in [7, 11) is 4.14. The Kier molecular flexibility index (Phi) is 9.13. The molecule has 0 saturated carbocycles. The van der Waals surface area contributed by atoms with E-state index < -0.39 is 0 Å². The first kappa shape index (κ1) is 19.8. The van der Waals surface area contributed by atoms with Gasteiger partial charge in [0.25, 0.3) is 0 Å². The zero-order valence-corrected chi connectivity index (χ0v) is 14.5. The van der Waals surface area contributed by atoms with Crippen LogP contribution in [0.15, 0.2) is 59.3 Å². The summed E-state index contributed by atoms with van der Waals surface area (Å²) in [6, 6.07) is 12.4. The van der Waals surface area contributed by atoms with E-state index in [1.54, 1.807) is 6.20 Å². The van der Waals surface area contributed by atoms with E-state index in [4.69, 9.17) is 0 Å². The van der Waals surface area contributed by atoms with Gasteiger partial charge in [-0.25, -0.2) is 0 Å². The van der Waals surface area contributed by atoms with Crippen molar-refractivity contribution < 1.29 is 5.48 Å². The molecule has 0 atom stereocenters. The molecule has 2 aromatic rings. The van der Waals surface area contributed by atoms with E-state index in [0.717, 1.165) is 16.6 Å². The van der Waals surface area contributed by atoms with Crippen molar-refractivity contribution >= 4 is 33.9 Å². The minimum Gasteiger partial charge on any atom is -0.412 e. The molecule has 0 unspecified atom stereocenters. The number of benzene rings is 1. The largest absolute Gasteiger partial charge is 0.412 e. The van der Waals surface area contributed by atoms with Gasteiger partial charge < -0.3 is 10.4 Å². The number of rotatable bonds is 4. The summed E-state index contributed by atoms with van der Waals surface area (Å²) < 4.78 is 1.09. The predicted molar refractivity (Wildman–Crippen MR) is 94.9 cm³/mol. The van der Waals surface area contributed by atoms with Crippen molar-refractivity contribution in [3.8, 4) is 0 Å². The maximum atomic E-state index is 4.21. The highest BCUT2D eigenvalue weighted by Crippen LogP contribution is 2.24. The third-order valence-corrected chi connectivity index (χ3v) is 3.32. The van der Waals surface area contributed by atoms with Gasteiger partial charge in [0, 0.05) is 29.0 Å². The lowest BCUT2D eigenvalue weighted by atomic mass is 9.99. The molecule has 0 saturated heterocycles. The van der Waals surface area contributed by atoms with Crippen LogP contribution in [0.5, 0.6) is 0 Å². The third kappa shape index (κ3) is 5.98. The van der Waals surface area contributed by atoms with Gasteiger partial charge in [-0.05, 0) is 43.4 Å². The Morgan fingerprint density at radius 3 is 2.33 bits per heavy atom. The van der Waals surface area contributed by atoms with Crippen molar-refractivity contribution in [2.75, 3.05) is 20.6 Å². The molecule has 0 radical (unpaired) electrons. The molecule has 0 aliphatic carbocycles. The number of aromatic nitrogens is 1. The molecule has 1 aromatic carbocycles. The quantitative estimate of drug-likeness (QED) is 0.826. The molecule has 2 rings (SSSR count). The summed E-state index contributed by atoms with van der Waals surface area (Å²) >= 11 is 3.47. The molecule has 114 valence electrons. The lowest BCUT2D eigenvalue weighted by molar-refractivity contribution is 0.457. The molecule has 0 spiro atoms. The first-order valence-corrected chi connectivity index (χ1v) is 6.97. The Bertz CT molecular complexity index is 556. The Hall–Kier alpha value is -1.20. The molecule has 21 heavy (non-hydrogen) atoms. The lowest BCUT2D eigenvalue weighted by Gasteiger charge is -2.11. The molecule has 0 fully saturated rings. The van der Waals surface area contributed by atoms with Gasteiger partial charge in [-0.2, -0.15) is 0 Å². The van der Waals surface area contributed by atoms with Crippen LogP contribution in [-0.2, 0) is 0 Å². The van der Waals surface area contributed by atoms with Crippen molar-refractivity contribution in [1.82, 2.24) is 9.88 Å². The van der Waals surface area contributed by atoms with Gasteiger partial charge in [0.05, 0.1) is 0 Å². The molecule has 0 bridgehead atoms. The van der Waals surface area contributed by atoms with Gasteiger partial charge in [0.1, 0.15) is 0 Å². The number of nitrogens with zero attached hydrogens (tertiary/aromatic N) is 2. The summed E-state index contributed by atoms with van der Waals surface area (Å²) in [4.78, 5) is 6.36. The fraction of sp³-hybridized carbons (Fsp3) is 0.188. The van der Waals surface area contributed by atoms with Gasteiger partial charge >= 0.3 is 0 Å². The normalized spacial score (nSPS) is 10.8. The Labute approximate surface area is 140 Å². The molecule has 3 nitrogen and oxygen atoms in total. The second-order valence-corrected chi connectivity index (χ2v) is 5.54. The van der Waals surface area contributed by atoms with Crippen LogP contribution in [0.4, 0.5) is 0 Å². The topological polar surface area (TPSA) is 47.6 Å². The fourth-order valence-corrected chi connectivity index (χ4v) is 2.09. The molecular formula is C16H20BrClN2O. The van der Waals surface area contributed by atoms with E-state index in [-0.39, 0.29) is 17.9 Å². The number of hydrogen-bond acceptors (Lipinski definition) is 2. The predicted octanol–water partition coefficient (Wildman–Crippen LogP) is 3.43. The number of hydrogen-bond donors (Lipinski definition) is 0. The van der Waals surface area contributed by atoms with Crippen LogP contribution < -0.4 is 0 Å². The zero-order valence-electron chi connectivity index (χ0n) is 12.1. The van der Waals surface area contributed by atoms with Crippen LogP contribution in [0.25, 0.3) is 5.57 Å². The van der Waals surface area contributed by atoms with Crippen molar-refractivity contribution in [3.63, 3.8) is 0 Å². The summed E-state index contributed by atoms with van der Waals surface area (Å²) in [5, 5.41) is 0. The van der Waals surface area contributed by atoms with Gasteiger partial charge in [-0.3, -0.25) is 4.98 Å². The van der Waals surface area contributed by atoms with E-state index in [1.807, 2.05) is 12.3 Å². The van der Waals surface area contributed by atoms with Crippen LogP contribution in [0.2, 0.25) is 0 Å². The van der Waals surface area contributed by atoms with Crippen LogP contribution in [0.3, 0.4) is 0 Å². The van der Waals surface area contributed by atoms with E-state index in [1.165, 1.54) is 11.1 Å². The third-order valence-electron chi connectivity index (χ3n) is 2.79. The second-order valence-electron chi connectivity index (χ2n) is 4.63. The van der Waals surface area contributed by atoms with Crippen LogP contribution in [0.1, 0.15) is 11.1 Å². The highest BCUT2D eigenvalue weighted by Gasteiger charge is 2.05. The summed E-state index contributed by atoms with van der Waals surface area (Å²) in [5.74, 6) is 0. The van der Waals surface area contributed by atoms with Crippen molar-refractivity contribution in [3.05, 3.63) is 70.5 Å². The van der Waals surface area contributed by atoms with E-state index in [9.17, 15) is 0 Å². The van der Waals surface area contributed by atoms with Gasteiger partial charge in [0.15, 0.2) is 0 Å². The first-order valence-electron chi connectivity index (χ1n) is 6.18. The molecule has 2 N–H and O–H groups in total. The maximum absolute atomic E-state index is 4.21. The van der Waals surface area contributed by atoms with Gasteiger partial charge in [-0.15, -0.1) is 12.4 Å². The van der Waals surface area contributed by atoms with Crippen LogP contribution >= 0.6 is 28.3 Å². The minimum atomic E-state index is 0. The summed E-state index contributed by atoms with van der Waals surface area (Å²) in [6.45, 7) is 0.903. The standard InChI is InChI=1S/C16H17BrN2.ClH.H2O/c1-19(2)11-9-16(14-4-3-10-18-12-14)13-5-7-15(17)8-6-13;;/h3-10,12H,11H2,1-2H3;1H;1H2/b16-9-;;. The lowest BCUT2D eigenvalue weighted by Crippen LogP contribution is -2.11. The number of halogens is 2. The van der Waals surface area contributed by atoms with Crippen LogP contribution in [0, 0.1) is 0 Å². The van der Waals surface area contributed by atoms with E-state index in [2.05, 4.69) is 76.3 Å². The first-order chi connectivity index (χ1) is 9.16. The number of pyridine rings is 1. The fourth-order valence-electron chi connectivity index (χ4n) is 1.83. The Morgan fingerprint density at radius 1 is 1.14 bits per heavy atom. The van der Waals surface area contributed by atoms with Crippen molar-refractivity contribution in [2.45, 2.75) is 0 Å². The Balaban J connectivity index is 0.00000200. The monoisotopic (exact) mass is 370 g/mol. The average molecular weight is 372 g/mol. The molecule has 0 amide bonds. The second kappa shape index (κ2) is 9.68. The highest BCUT2D eigenvalue weighted by atomic mass is 79.9. The minimum absolute atomic E-state index is 0. The molecule has 5 heteroatoms. The van der Waals surface area contributed by atoms with Gasteiger partial charge in [-0.1, -0.05) is 40.2 Å². The average Bonchev–Trinajstić information content (AvgIpc) is 2.42. The SMILES string of the molecule is CN(C)C/C=C(/c1ccc(Br)cc1)c1cccnc1.Cl.O. The van der Waals surface area contributed by atoms with Crippen molar-refractivity contribution in [1.29, 1.82) is 0 Å².